The number of nitrogens with zero attached hydrogens (tertiary/aromatic N) is 1. The molecule has 1 heterocycles. The number of carbonyl (C=O) groups is 1. The number of aromatic nitrogens is 1. The van der Waals surface area contributed by atoms with Gasteiger partial charge >= 0.3 is 0 Å². The third-order valence-corrected chi connectivity index (χ3v) is 3.89. The Morgan fingerprint density at radius 1 is 1.17 bits per heavy atom. The van der Waals surface area contributed by atoms with Gasteiger partial charge in [-0.25, -0.2) is 0 Å². The molecule has 4 heteroatoms. The van der Waals surface area contributed by atoms with Crippen LogP contribution in [-0.4, -0.2) is 17.4 Å². The maximum absolute atomic E-state index is 12.5. The van der Waals surface area contributed by atoms with Crippen molar-refractivity contribution in [2.45, 2.75) is 13.0 Å². The number of carbonyl (C=O) groups excluding carboxylic acids is 1. The van der Waals surface area contributed by atoms with Crippen LogP contribution in [0.4, 0.5) is 0 Å². The van der Waals surface area contributed by atoms with Crippen molar-refractivity contribution in [3.05, 3.63) is 77.6 Å². The number of pyridine rings is 1. The Bertz CT molecular complexity index is 845. The Kier molecular flexibility index (Phi) is 4.35. The summed E-state index contributed by atoms with van der Waals surface area (Å²) in [5.74, 6) is -0.124. The van der Waals surface area contributed by atoms with E-state index in [0.29, 0.717) is 12.1 Å². The number of amides is 1. The van der Waals surface area contributed by atoms with Crippen molar-refractivity contribution in [3.8, 4) is 0 Å². The third kappa shape index (κ3) is 3.38. The lowest BCUT2D eigenvalue weighted by Gasteiger charge is -2.18. The van der Waals surface area contributed by atoms with Crippen LogP contribution in [0.25, 0.3) is 10.8 Å². The van der Waals surface area contributed by atoms with Crippen molar-refractivity contribution in [1.29, 1.82) is 0 Å². The zero-order chi connectivity index (χ0) is 16.2. The summed E-state index contributed by atoms with van der Waals surface area (Å²) in [7, 11) is 0. The highest BCUT2D eigenvalue weighted by atomic mass is 16.1. The molecule has 3 N–H and O–H groups in total. The number of benzene rings is 2. The molecule has 0 bridgehead atoms. The van der Waals surface area contributed by atoms with E-state index in [9.17, 15) is 4.79 Å². The Morgan fingerprint density at radius 3 is 2.83 bits per heavy atom. The Balaban J connectivity index is 1.83. The number of hydrogen-bond donors (Lipinski definition) is 2. The number of aryl methyl sites for hydroxylation is 1. The molecule has 0 radical (unpaired) electrons. The first-order chi connectivity index (χ1) is 11.2. The maximum atomic E-state index is 12.5. The highest BCUT2D eigenvalue weighted by Crippen LogP contribution is 2.17. The predicted molar refractivity (Wildman–Crippen MR) is 92.2 cm³/mol. The van der Waals surface area contributed by atoms with Crippen molar-refractivity contribution < 1.29 is 4.79 Å². The molecule has 1 amide bonds. The topological polar surface area (TPSA) is 68.0 Å². The summed E-state index contributed by atoms with van der Waals surface area (Å²) in [6.07, 6.45) is 3.51. The molecule has 116 valence electrons. The van der Waals surface area contributed by atoms with Gasteiger partial charge in [0.2, 0.25) is 0 Å². The first-order valence-corrected chi connectivity index (χ1v) is 7.58. The molecule has 0 aliphatic carbocycles. The van der Waals surface area contributed by atoms with Crippen molar-refractivity contribution >= 4 is 16.7 Å². The molecule has 0 aliphatic heterocycles. The molecule has 3 rings (SSSR count). The lowest BCUT2D eigenvalue weighted by atomic mass is 10.0. The second-order valence-electron chi connectivity index (χ2n) is 5.61. The van der Waals surface area contributed by atoms with Gasteiger partial charge in [-0.05, 0) is 36.1 Å². The van der Waals surface area contributed by atoms with Gasteiger partial charge in [0, 0.05) is 29.9 Å². The lowest BCUT2D eigenvalue weighted by Crippen LogP contribution is -2.33. The molecule has 2 aromatic carbocycles. The summed E-state index contributed by atoms with van der Waals surface area (Å²) >= 11 is 0. The van der Waals surface area contributed by atoms with Gasteiger partial charge in [0.15, 0.2) is 0 Å². The number of hydrogen-bond acceptors (Lipinski definition) is 3. The van der Waals surface area contributed by atoms with Crippen LogP contribution in [0.5, 0.6) is 0 Å². The second kappa shape index (κ2) is 6.58. The van der Waals surface area contributed by atoms with Gasteiger partial charge in [0.25, 0.3) is 5.91 Å². The van der Waals surface area contributed by atoms with Gasteiger partial charge in [0.1, 0.15) is 0 Å². The van der Waals surface area contributed by atoms with Crippen LogP contribution in [0.15, 0.2) is 60.9 Å². The first kappa shape index (κ1) is 15.2. The Hall–Kier alpha value is -2.72. The van der Waals surface area contributed by atoms with E-state index in [2.05, 4.69) is 10.3 Å². The van der Waals surface area contributed by atoms with Crippen LogP contribution >= 0.6 is 0 Å². The van der Waals surface area contributed by atoms with E-state index in [0.717, 1.165) is 21.9 Å². The smallest absolute Gasteiger partial charge is 0.251 e. The summed E-state index contributed by atoms with van der Waals surface area (Å²) in [5, 5.41) is 5.02. The third-order valence-electron chi connectivity index (χ3n) is 3.89. The molecular formula is C19H19N3O. The molecule has 3 aromatic rings. The summed E-state index contributed by atoms with van der Waals surface area (Å²) in [6, 6.07) is 15.3. The maximum Gasteiger partial charge on any atom is 0.251 e. The predicted octanol–water partition coefficient (Wildman–Crippen LogP) is 2.97. The van der Waals surface area contributed by atoms with Crippen molar-refractivity contribution in [1.82, 2.24) is 10.3 Å². The van der Waals surface area contributed by atoms with Crippen LogP contribution in [0.1, 0.15) is 27.5 Å². The largest absolute Gasteiger partial charge is 0.344 e. The summed E-state index contributed by atoms with van der Waals surface area (Å²) < 4.78 is 0. The Labute approximate surface area is 135 Å². The zero-order valence-electron chi connectivity index (χ0n) is 13.0. The van der Waals surface area contributed by atoms with E-state index >= 15 is 0 Å². The van der Waals surface area contributed by atoms with E-state index in [4.69, 9.17) is 5.73 Å². The average molecular weight is 305 g/mol. The quantitative estimate of drug-likeness (QED) is 0.778. The molecule has 1 atom stereocenters. The fourth-order valence-electron chi connectivity index (χ4n) is 2.63. The van der Waals surface area contributed by atoms with Gasteiger partial charge in [0.05, 0.1) is 6.04 Å². The number of nitrogens with two attached hydrogens (primary N) is 1. The highest BCUT2D eigenvalue weighted by Gasteiger charge is 2.14. The van der Waals surface area contributed by atoms with Crippen LogP contribution in [0.2, 0.25) is 0 Å². The van der Waals surface area contributed by atoms with Gasteiger partial charge in [-0.1, -0.05) is 35.9 Å². The van der Waals surface area contributed by atoms with Gasteiger partial charge in [-0.15, -0.1) is 0 Å². The zero-order valence-corrected chi connectivity index (χ0v) is 13.0. The first-order valence-electron chi connectivity index (χ1n) is 7.58. The van der Waals surface area contributed by atoms with Crippen molar-refractivity contribution in [2.24, 2.45) is 5.73 Å². The van der Waals surface area contributed by atoms with Crippen LogP contribution in [0.3, 0.4) is 0 Å². The second-order valence-corrected chi connectivity index (χ2v) is 5.61. The SMILES string of the molecule is Cc1cccc([C@@H](CN)NC(=O)c2ccc3cnccc3c2)c1. The number of rotatable bonds is 4. The van der Waals surface area contributed by atoms with Crippen LogP contribution in [0, 0.1) is 6.92 Å². The lowest BCUT2D eigenvalue weighted by molar-refractivity contribution is 0.0938. The number of fused-ring (bicyclic) bond motifs is 1. The minimum atomic E-state index is -0.199. The molecule has 0 unspecified atom stereocenters. The molecule has 0 aliphatic rings. The van der Waals surface area contributed by atoms with Crippen LogP contribution in [-0.2, 0) is 0 Å². The summed E-state index contributed by atoms with van der Waals surface area (Å²) in [6.45, 7) is 2.38. The molecule has 0 spiro atoms. The fraction of sp³-hybridized carbons (Fsp3) is 0.158. The van der Waals surface area contributed by atoms with E-state index in [1.807, 2.05) is 55.5 Å². The minimum Gasteiger partial charge on any atom is -0.344 e. The van der Waals surface area contributed by atoms with Gasteiger partial charge in [-0.2, -0.15) is 0 Å². The molecule has 0 saturated carbocycles. The molecule has 23 heavy (non-hydrogen) atoms. The van der Waals surface area contributed by atoms with Crippen molar-refractivity contribution in [2.75, 3.05) is 6.54 Å². The fourth-order valence-corrected chi connectivity index (χ4v) is 2.63. The minimum absolute atomic E-state index is 0.124. The molecule has 0 saturated heterocycles. The monoisotopic (exact) mass is 305 g/mol. The normalized spacial score (nSPS) is 12.1. The standard InChI is InChI=1S/C19H19N3O/c1-13-3-2-4-15(9-13)18(11-20)22-19(23)16-5-6-17-12-21-8-7-14(17)10-16/h2-10,12,18H,11,20H2,1H3,(H,22,23)/t18-/m1/s1. The Morgan fingerprint density at radius 2 is 2.04 bits per heavy atom. The number of nitrogens with one attached hydrogen (secondary N) is 1. The van der Waals surface area contributed by atoms with Gasteiger partial charge in [-0.3, -0.25) is 9.78 Å². The molecule has 0 fully saturated rings. The van der Waals surface area contributed by atoms with E-state index < -0.39 is 0 Å². The van der Waals surface area contributed by atoms with Crippen LogP contribution < -0.4 is 11.1 Å². The molecule has 4 nitrogen and oxygen atoms in total. The van der Waals surface area contributed by atoms with E-state index in [-0.39, 0.29) is 11.9 Å². The van der Waals surface area contributed by atoms with E-state index in [1.54, 1.807) is 12.4 Å². The molecular weight excluding hydrogens is 286 g/mol. The van der Waals surface area contributed by atoms with Gasteiger partial charge < -0.3 is 11.1 Å². The highest BCUT2D eigenvalue weighted by molar-refractivity contribution is 5.98. The molecule has 1 aromatic heterocycles. The summed E-state index contributed by atoms with van der Waals surface area (Å²) in [5.41, 5.74) is 8.63. The average Bonchev–Trinajstić information content (AvgIpc) is 2.59. The van der Waals surface area contributed by atoms with E-state index in [1.165, 1.54) is 0 Å². The summed E-state index contributed by atoms with van der Waals surface area (Å²) in [4.78, 5) is 16.6. The van der Waals surface area contributed by atoms with Crippen molar-refractivity contribution in [3.63, 3.8) is 0 Å².